The van der Waals surface area contributed by atoms with Gasteiger partial charge in [0.2, 0.25) is 0 Å². The molecule has 1 unspecified atom stereocenters. The van der Waals surface area contributed by atoms with Crippen molar-refractivity contribution in [1.82, 2.24) is 4.90 Å². The van der Waals surface area contributed by atoms with Crippen LogP contribution < -0.4 is 5.73 Å². The summed E-state index contributed by atoms with van der Waals surface area (Å²) < 4.78 is 0. The maximum absolute atomic E-state index is 5.91. The molecule has 0 aliphatic carbocycles. The minimum absolute atomic E-state index is 0.0920. The van der Waals surface area contributed by atoms with Gasteiger partial charge in [-0.3, -0.25) is 4.90 Å². The number of nitrogens with zero attached hydrogens (tertiary/aromatic N) is 1. The highest BCUT2D eigenvalue weighted by atomic mass is 15.2. The van der Waals surface area contributed by atoms with Crippen LogP contribution in [0.25, 0.3) is 0 Å². The summed E-state index contributed by atoms with van der Waals surface area (Å²) in [5.41, 5.74) is 10.2. The Balaban J connectivity index is 2.91. The Hall–Kier alpha value is -0.860. The second-order valence-electron chi connectivity index (χ2n) is 5.28. The molecule has 0 bridgehead atoms. The van der Waals surface area contributed by atoms with Gasteiger partial charge in [-0.1, -0.05) is 25.1 Å². The third-order valence-corrected chi connectivity index (χ3v) is 4.16. The third kappa shape index (κ3) is 3.08. The van der Waals surface area contributed by atoms with Gasteiger partial charge in [-0.2, -0.15) is 0 Å². The molecule has 2 nitrogen and oxygen atoms in total. The molecule has 0 aliphatic heterocycles. The Kier molecular flexibility index (Phi) is 4.72. The summed E-state index contributed by atoms with van der Waals surface area (Å²) in [6.45, 7) is 10.5. The monoisotopic (exact) mass is 234 g/mol. The van der Waals surface area contributed by atoms with E-state index in [9.17, 15) is 0 Å². The van der Waals surface area contributed by atoms with Crippen LogP contribution in [0.4, 0.5) is 0 Å². The zero-order chi connectivity index (χ0) is 13.1. The van der Waals surface area contributed by atoms with Crippen molar-refractivity contribution < 1.29 is 0 Å². The normalized spacial score (nSPS) is 15.0. The van der Waals surface area contributed by atoms with Gasteiger partial charge >= 0.3 is 0 Å². The van der Waals surface area contributed by atoms with E-state index >= 15 is 0 Å². The molecule has 0 spiro atoms. The SMILES string of the molecule is CCC(C)(CN)N(C)Cc1c(C)cccc1C. The molecule has 17 heavy (non-hydrogen) atoms. The molecule has 0 fully saturated rings. The van der Waals surface area contributed by atoms with Crippen molar-refractivity contribution in [3.05, 3.63) is 34.9 Å². The lowest BCUT2D eigenvalue weighted by Crippen LogP contribution is -2.48. The first kappa shape index (κ1) is 14.2. The molecule has 0 heterocycles. The number of likely N-dealkylation sites (N-methyl/N-ethyl adjacent to an activating group) is 1. The van der Waals surface area contributed by atoms with Crippen LogP contribution in [0.1, 0.15) is 37.0 Å². The molecule has 0 aromatic heterocycles. The van der Waals surface area contributed by atoms with Gasteiger partial charge < -0.3 is 5.73 Å². The largest absolute Gasteiger partial charge is 0.329 e. The van der Waals surface area contributed by atoms with Gasteiger partial charge in [0, 0.05) is 18.6 Å². The summed E-state index contributed by atoms with van der Waals surface area (Å²) in [7, 11) is 2.17. The Bertz CT molecular complexity index is 347. The van der Waals surface area contributed by atoms with Gasteiger partial charge in [-0.05, 0) is 50.9 Å². The standard InChI is InChI=1S/C15H26N2/c1-6-15(4,11-16)17(5)10-14-12(2)8-7-9-13(14)3/h7-9H,6,10-11,16H2,1-5H3. The molecule has 1 atom stereocenters. The topological polar surface area (TPSA) is 29.3 Å². The van der Waals surface area contributed by atoms with Crippen LogP contribution in [0.15, 0.2) is 18.2 Å². The Labute approximate surface area is 106 Å². The fourth-order valence-electron chi connectivity index (χ4n) is 2.10. The van der Waals surface area contributed by atoms with Gasteiger partial charge in [-0.25, -0.2) is 0 Å². The lowest BCUT2D eigenvalue weighted by atomic mass is 9.95. The molecular weight excluding hydrogens is 208 g/mol. The van der Waals surface area contributed by atoms with Crippen LogP contribution in [0, 0.1) is 13.8 Å². The second kappa shape index (κ2) is 5.65. The van der Waals surface area contributed by atoms with Crippen molar-refractivity contribution in [2.45, 2.75) is 46.2 Å². The van der Waals surface area contributed by atoms with Crippen LogP contribution >= 0.6 is 0 Å². The summed E-state index contributed by atoms with van der Waals surface area (Å²) in [6, 6.07) is 6.49. The lowest BCUT2D eigenvalue weighted by molar-refractivity contribution is 0.131. The second-order valence-corrected chi connectivity index (χ2v) is 5.28. The van der Waals surface area contributed by atoms with Crippen LogP contribution in [0.5, 0.6) is 0 Å². The molecule has 2 N–H and O–H groups in total. The number of hydrogen-bond donors (Lipinski definition) is 1. The van der Waals surface area contributed by atoms with E-state index in [1.807, 2.05) is 0 Å². The van der Waals surface area contributed by atoms with Gasteiger partial charge in [-0.15, -0.1) is 0 Å². The van der Waals surface area contributed by atoms with Gasteiger partial charge in [0.1, 0.15) is 0 Å². The summed E-state index contributed by atoms with van der Waals surface area (Å²) in [5, 5.41) is 0. The maximum atomic E-state index is 5.91. The predicted octanol–water partition coefficient (Wildman–Crippen LogP) is 2.86. The van der Waals surface area contributed by atoms with Crippen LogP contribution in [-0.4, -0.2) is 24.0 Å². The van der Waals surface area contributed by atoms with Crippen molar-refractivity contribution in [1.29, 1.82) is 0 Å². The highest BCUT2D eigenvalue weighted by Gasteiger charge is 2.25. The van der Waals surface area contributed by atoms with E-state index in [0.717, 1.165) is 13.0 Å². The van der Waals surface area contributed by atoms with E-state index in [-0.39, 0.29) is 5.54 Å². The maximum Gasteiger partial charge on any atom is 0.0301 e. The van der Waals surface area contributed by atoms with Crippen LogP contribution in [-0.2, 0) is 6.54 Å². The summed E-state index contributed by atoms with van der Waals surface area (Å²) >= 11 is 0. The summed E-state index contributed by atoms with van der Waals surface area (Å²) in [6.07, 6.45) is 1.07. The number of nitrogens with two attached hydrogens (primary N) is 1. The molecule has 96 valence electrons. The zero-order valence-corrected chi connectivity index (χ0v) is 11.9. The van der Waals surface area contributed by atoms with Crippen molar-refractivity contribution in [3.8, 4) is 0 Å². The van der Waals surface area contributed by atoms with E-state index in [0.29, 0.717) is 6.54 Å². The van der Waals surface area contributed by atoms with Gasteiger partial charge in [0.25, 0.3) is 0 Å². The molecule has 1 rings (SSSR count). The van der Waals surface area contributed by atoms with Gasteiger partial charge in [0.15, 0.2) is 0 Å². The smallest absolute Gasteiger partial charge is 0.0301 e. The molecule has 0 aliphatic rings. The molecule has 0 saturated heterocycles. The van der Waals surface area contributed by atoms with Crippen molar-refractivity contribution >= 4 is 0 Å². The lowest BCUT2D eigenvalue weighted by Gasteiger charge is -2.38. The van der Waals surface area contributed by atoms with E-state index in [1.165, 1.54) is 16.7 Å². The minimum atomic E-state index is 0.0920. The molecule has 1 aromatic carbocycles. The van der Waals surface area contributed by atoms with Crippen molar-refractivity contribution in [2.75, 3.05) is 13.6 Å². The highest BCUT2D eigenvalue weighted by Crippen LogP contribution is 2.22. The van der Waals surface area contributed by atoms with Crippen LogP contribution in [0.3, 0.4) is 0 Å². The van der Waals surface area contributed by atoms with Crippen molar-refractivity contribution in [2.24, 2.45) is 5.73 Å². The average molecular weight is 234 g/mol. The number of aryl methyl sites for hydroxylation is 2. The highest BCUT2D eigenvalue weighted by molar-refractivity contribution is 5.33. The van der Waals surface area contributed by atoms with Crippen LogP contribution in [0.2, 0.25) is 0 Å². The first-order valence-corrected chi connectivity index (χ1v) is 6.41. The van der Waals surface area contributed by atoms with Crippen molar-refractivity contribution in [3.63, 3.8) is 0 Å². The first-order valence-electron chi connectivity index (χ1n) is 6.41. The molecule has 2 heteroatoms. The number of hydrogen-bond acceptors (Lipinski definition) is 2. The third-order valence-electron chi connectivity index (χ3n) is 4.16. The molecule has 0 amide bonds. The first-order chi connectivity index (χ1) is 7.94. The molecule has 0 radical (unpaired) electrons. The Morgan fingerprint density at radius 1 is 1.24 bits per heavy atom. The van der Waals surface area contributed by atoms with E-state index in [1.54, 1.807) is 0 Å². The zero-order valence-electron chi connectivity index (χ0n) is 11.9. The van der Waals surface area contributed by atoms with E-state index < -0.39 is 0 Å². The average Bonchev–Trinajstić information content (AvgIpc) is 2.32. The Morgan fingerprint density at radius 2 is 1.76 bits per heavy atom. The molecule has 0 saturated carbocycles. The summed E-state index contributed by atoms with van der Waals surface area (Å²) in [5.74, 6) is 0. The number of benzene rings is 1. The molecule has 1 aromatic rings. The van der Waals surface area contributed by atoms with E-state index in [4.69, 9.17) is 5.73 Å². The fraction of sp³-hybridized carbons (Fsp3) is 0.600. The fourth-order valence-corrected chi connectivity index (χ4v) is 2.10. The Morgan fingerprint density at radius 3 is 2.18 bits per heavy atom. The quantitative estimate of drug-likeness (QED) is 0.849. The van der Waals surface area contributed by atoms with Gasteiger partial charge in [0.05, 0.1) is 0 Å². The molecular formula is C15H26N2. The predicted molar refractivity (Wildman–Crippen MR) is 75.1 cm³/mol. The summed E-state index contributed by atoms with van der Waals surface area (Å²) in [4.78, 5) is 2.38. The number of rotatable bonds is 5. The minimum Gasteiger partial charge on any atom is -0.329 e. The van der Waals surface area contributed by atoms with E-state index in [2.05, 4.69) is 57.8 Å².